The largest absolute Gasteiger partial charge is 0.366 e. The smallest absolute Gasteiger partial charge is 0.272 e. The second kappa shape index (κ2) is 11.2. The van der Waals surface area contributed by atoms with Gasteiger partial charge in [0.2, 0.25) is 5.91 Å². The molecule has 0 saturated carbocycles. The van der Waals surface area contributed by atoms with Crippen molar-refractivity contribution in [2.45, 2.75) is 71.9 Å². The summed E-state index contributed by atoms with van der Waals surface area (Å²) in [5.74, 6) is 1.49. The molecule has 4 rings (SSSR count). The Labute approximate surface area is 221 Å². The fourth-order valence-electron chi connectivity index (χ4n) is 5.44. The zero-order valence-corrected chi connectivity index (χ0v) is 23.2. The van der Waals surface area contributed by atoms with Crippen molar-refractivity contribution in [3.05, 3.63) is 52.5 Å². The SMILES string of the molecule is CNC(=O)C1CCN(C2CCN(C(=O)c3nc(C)nc(NCc4ccc(C(C)(C)C)cc4)c3C)CC2)C1. The number of carbonyl (C=O) groups is 2. The maximum absolute atomic E-state index is 13.5. The van der Waals surface area contributed by atoms with E-state index in [1.54, 1.807) is 7.05 Å². The van der Waals surface area contributed by atoms with E-state index in [-0.39, 0.29) is 23.1 Å². The lowest BCUT2D eigenvalue weighted by molar-refractivity contribution is -0.124. The van der Waals surface area contributed by atoms with Gasteiger partial charge < -0.3 is 15.5 Å². The molecule has 2 aromatic rings. The molecule has 2 aliphatic heterocycles. The molecule has 1 atom stereocenters. The number of carbonyl (C=O) groups excluding carboxylic acids is 2. The first-order chi connectivity index (χ1) is 17.6. The predicted molar refractivity (Wildman–Crippen MR) is 147 cm³/mol. The third kappa shape index (κ3) is 6.29. The quantitative estimate of drug-likeness (QED) is 0.621. The average molecular weight is 507 g/mol. The molecule has 3 heterocycles. The minimum atomic E-state index is -0.0244. The van der Waals surface area contributed by atoms with E-state index in [9.17, 15) is 9.59 Å². The molecular formula is C29H42N6O2. The van der Waals surface area contributed by atoms with Crippen LogP contribution in [0, 0.1) is 19.8 Å². The third-order valence-electron chi connectivity index (χ3n) is 7.85. The van der Waals surface area contributed by atoms with Crippen molar-refractivity contribution in [3.63, 3.8) is 0 Å². The molecule has 200 valence electrons. The van der Waals surface area contributed by atoms with Gasteiger partial charge in [-0.25, -0.2) is 9.97 Å². The van der Waals surface area contributed by atoms with Gasteiger partial charge in [0.25, 0.3) is 5.91 Å². The molecule has 37 heavy (non-hydrogen) atoms. The molecule has 2 saturated heterocycles. The molecule has 0 aliphatic carbocycles. The van der Waals surface area contributed by atoms with Crippen molar-refractivity contribution in [1.29, 1.82) is 0 Å². The molecule has 8 heteroatoms. The highest BCUT2D eigenvalue weighted by molar-refractivity contribution is 5.94. The van der Waals surface area contributed by atoms with Crippen LogP contribution in [0.15, 0.2) is 24.3 Å². The average Bonchev–Trinajstić information content (AvgIpc) is 3.38. The van der Waals surface area contributed by atoms with Crippen molar-refractivity contribution < 1.29 is 9.59 Å². The van der Waals surface area contributed by atoms with Crippen LogP contribution in [0.4, 0.5) is 5.82 Å². The topological polar surface area (TPSA) is 90.5 Å². The number of hydrogen-bond acceptors (Lipinski definition) is 6. The van der Waals surface area contributed by atoms with Crippen molar-refractivity contribution >= 4 is 17.6 Å². The molecule has 2 N–H and O–H groups in total. The summed E-state index contributed by atoms with van der Waals surface area (Å²) in [5, 5.41) is 6.20. The second-order valence-electron chi connectivity index (χ2n) is 11.5. The minimum Gasteiger partial charge on any atom is -0.366 e. The van der Waals surface area contributed by atoms with Crippen LogP contribution in [0.2, 0.25) is 0 Å². The number of benzene rings is 1. The van der Waals surface area contributed by atoms with Gasteiger partial charge >= 0.3 is 0 Å². The maximum Gasteiger partial charge on any atom is 0.272 e. The summed E-state index contributed by atoms with van der Waals surface area (Å²) in [4.78, 5) is 39.0. The second-order valence-corrected chi connectivity index (χ2v) is 11.5. The monoisotopic (exact) mass is 506 g/mol. The molecular weight excluding hydrogens is 464 g/mol. The summed E-state index contributed by atoms with van der Waals surface area (Å²) in [6, 6.07) is 9.06. The van der Waals surface area contributed by atoms with Crippen LogP contribution >= 0.6 is 0 Å². The van der Waals surface area contributed by atoms with E-state index in [1.165, 1.54) is 11.1 Å². The van der Waals surface area contributed by atoms with Gasteiger partial charge in [0.15, 0.2) is 0 Å². The molecule has 1 unspecified atom stereocenters. The Morgan fingerprint density at radius 3 is 2.30 bits per heavy atom. The summed E-state index contributed by atoms with van der Waals surface area (Å²) in [7, 11) is 1.71. The number of anilines is 1. The van der Waals surface area contributed by atoms with Gasteiger partial charge in [-0.1, -0.05) is 45.0 Å². The Hall–Kier alpha value is -3.00. The molecule has 2 fully saturated rings. The molecule has 1 aromatic carbocycles. The van der Waals surface area contributed by atoms with Crippen LogP contribution in [-0.4, -0.2) is 70.9 Å². The molecule has 2 amide bonds. The molecule has 0 radical (unpaired) electrons. The first kappa shape index (κ1) is 27.0. The molecule has 0 spiro atoms. The number of aromatic nitrogens is 2. The van der Waals surface area contributed by atoms with E-state index in [0.717, 1.165) is 37.9 Å². The molecule has 1 aromatic heterocycles. The van der Waals surface area contributed by atoms with E-state index in [1.807, 2.05) is 18.7 Å². The zero-order chi connectivity index (χ0) is 26.7. The normalized spacial score (nSPS) is 19.2. The Kier molecular flexibility index (Phi) is 8.17. The molecule has 0 bridgehead atoms. The van der Waals surface area contributed by atoms with Crippen molar-refractivity contribution in [1.82, 2.24) is 25.1 Å². The Morgan fingerprint density at radius 2 is 1.68 bits per heavy atom. The Bertz CT molecular complexity index is 1120. The highest BCUT2D eigenvalue weighted by atomic mass is 16.2. The highest BCUT2D eigenvalue weighted by Crippen LogP contribution is 2.27. The Balaban J connectivity index is 1.37. The van der Waals surface area contributed by atoms with E-state index >= 15 is 0 Å². The standard InChI is InChI=1S/C29H42N6O2/c1-19-25(28(37)34-15-12-24(13-16-34)35-14-11-22(18-35)27(36)30-6)32-20(2)33-26(19)31-17-21-7-9-23(10-8-21)29(3,4)5/h7-10,22,24H,11-18H2,1-6H3,(H,30,36)(H,31,32,33). The van der Waals surface area contributed by atoms with Gasteiger partial charge in [-0.05, 0) is 56.2 Å². The van der Waals surface area contributed by atoms with E-state index in [2.05, 4.69) is 70.5 Å². The van der Waals surface area contributed by atoms with Crippen LogP contribution in [0.1, 0.15) is 73.0 Å². The van der Waals surface area contributed by atoms with E-state index in [4.69, 9.17) is 0 Å². The highest BCUT2D eigenvalue weighted by Gasteiger charge is 2.35. The summed E-state index contributed by atoms with van der Waals surface area (Å²) >= 11 is 0. The zero-order valence-electron chi connectivity index (χ0n) is 23.2. The molecule has 8 nitrogen and oxygen atoms in total. The summed E-state index contributed by atoms with van der Waals surface area (Å²) in [5.41, 5.74) is 3.87. The predicted octanol–water partition coefficient (Wildman–Crippen LogP) is 3.68. The van der Waals surface area contributed by atoms with Gasteiger partial charge in [-0.2, -0.15) is 0 Å². The lowest BCUT2D eigenvalue weighted by atomic mass is 9.87. The van der Waals surface area contributed by atoms with Crippen LogP contribution in [0.3, 0.4) is 0 Å². The number of nitrogens with zero attached hydrogens (tertiary/aromatic N) is 4. The van der Waals surface area contributed by atoms with E-state index in [0.29, 0.717) is 43.0 Å². The van der Waals surface area contributed by atoms with Crippen molar-refractivity contribution in [2.24, 2.45) is 5.92 Å². The maximum atomic E-state index is 13.5. The number of hydrogen-bond donors (Lipinski definition) is 2. The van der Waals surface area contributed by atoms with E-state index < -0.39 is 0 Å². The van der Waals surface area contributed by atoms with Gasteiger partial charge in [0.1, 0.15) is 17.3 Å². The number of piperidine rings is 1. The van der Waals surface area contributed by atoms with Crippen LogP contribution < -0.4 is 10.6 Å². The van der Waals surface area contributed by atoms with Gasteiger partial charge in [0, 0.05) is 44.8 Å². The fourth-order valence-corrected chi connectivity index (χ4v) is 5.44. The van der Waals surface area contributed by atoms with Gasteiger partial charge in [-0.15, -0.1) is 0 Å². The van der Waals surface area contributed by atoms with Crippen LogP contribution in [0.25, 0.3) is 0 Å². The number of rotatable bonds is 6. The summed E-state index contributed by atoms with van der Waals surface area (Å²) in [6.07, 6.45) is 2.75. The first-order valence-corrected chi connectivity index (χ1v) is 13.5. The first-order valence-electron chi connectivity index (χ1n) is 13.5. The third-order valence-corrected chi connectivity index (χ3v) is 7.85. The Morgan fingerprint density at radius 1 is 1.00 bits per heavy atom. The lowest BCUT2D eigenvalue weighted by Crippen LogP contribution is -2.46. The van der Waals surface area contributed by atoms with Crippen molar-refractivity contribution in [3.8, 4) is 0 Å². The molecule has 2 aliphatic rings. The number of aryl methyl sites for hydroxylation is 1. The number of amides is 2. The minimum absolute atomic E-state index is 0.0244. The number of likely N-dealkylation sites (tertiary alicyclic amines) is 2. The van der Waals surface area contributed by atoms with Gasteiger partial charge in [-0.3, -0.25) is 14.5 Å². The van der Waals surface area contributed by atoms with Crippen LogP contribution in [-0.2, 0) is 16.8 Å². The number of nitrogens with one attached hydrogen (secondary N) is 2. The summed E-state index contributed by atoms with van der Waals surface area (Å²) in [6.45, 7) is 14.2. The van der Waals surface area contributed by atoms with Crippen LogP contribution in [0.5, 0.6) is 0 Å². The summed E-state index contributed by atoms with van der Waals surface area (Å²) < 4.78 is 0. The fraction of sp³-hybridized carbons (Fsp3) is 0.586. The van der Waals surface area contributed by atoms with Crippen molar-refractivity contribution in [2.75, 3.05) is 38.5 Å². The lowest BCUT2D eigenvalue weighted by Gasteiger charge is -2.36. The van der Waals surface area contributed by atoms with Gasteiger partial charge in [0.05, 0.1) is 5.92 Å².